The summed E-state index contributed by atoms with van der Waals surface area (Å²) in [6.07, 6.45) is 0.960. The highest BCUT2D eigenvalue weighted by molar-refractivity contribution is 6.35. The highest BCUT2D eigenvalue weighted by Crippen LogP contribution is 2.27. The zero-order chi connectivity index (χ0) is 24.8. The van der Waals surface area contributed by atoms with Gasteiger partial charge in [0, 0.05) is 48.1 Å². The molecule has 1 aliphatic heterocycles. The van der Waals surface area contributed by atoms with Gasteiger partial charge in [-0.3, -0.25) is 9.59 Å². The zero-order valence-electron chi connectivity index (χ0n) is 19.5. The smallest absolute Gasteiger partial charge is 0.262 e. The predicted molar refractivity (Wildman–Crippen MR) is 141 cm³/mol. The Labute approximate surface area is 215 Å². The second-order valence-electron chi connectivity index (χ2n) is 8.29. The molecule has 1 fully saturated rings. The molecule has 0 spiro atoms. The first kappa shape index (κ1) is 24.9. The van der Waals surface area contributed by atoms with E-state index in [9.17, 15) is 9.59 Å². The van der Waals surface area contributed by atoms with Crippen LogP contribution in [0.5, 0.6) is 5.75 Å². The molecule has 0 aliphatic carbocycles. The van der Waals surface area contributed by atoms with Crippen LogP contribution >= 0.6 is 23.2 Å². The number of anilines is 2. The standard InChI is InChI=1S/C27H27Cl2N3O3/c1-2-19-3-5-20(6-4-19)27(34)32-15-13-31(14-16-32)23-10-8-22(9-11-23)30-26(33)18-35-25-12-7-21(28)17-24(25)29/h3-12,17H,2,13-16,18H2,1H3,(H,30,33). The molecule has 0 radical (unpaired) electrons. The lowest BCUT2D eigenvalue weighted by Gasteiger charge is -2.36. The molecule has 6 nitrogen and oxygen atoms in total. The van der Waals surface area contributed by atoms with Crippen molar-refractivity contribution < 1.29 is 14.3 Å². The summed E-state index contributed by atoms with van der Waals surface area (Å²) in [6.45, 7) is 4.76. The van der Waals surface area contributed by atoms with Crippen LogP contribution in [0.2, 0.25) is 10.0 Å². The molecule has 0 unspecified atom stereocenters. The van der Waals surface area contributed by atoms with Crippen molar-refractivity contribution in [3.8, 4) is 5.75 Å². The summed E-state index contributed by atoms with van der Waals surface area (Å²) in [6, 6.07) is 20.3. The number of carbonyl (C=O) groups is 2. The fourth-order valence-corrected chi connectivity index (χ4v) is 4.38. The number of nitrogens with one attached hydrogen (secondary N) is 1. The van der Waals surface area contributed by atoms with E-state index >= 15 is 0 Å². The van der Waals surface area contributed by atoms with Gasteiger partial charge >= 0.3 is 0 Å². The van der Waals surface area contributed by atoms with Crippen molar-refractivity contribution in [1.82, 2.24) is 4.90 Å². The molecular formula is C27H27Cl2N3O3. The molecule has 2 amide bonds. The minimum atomic E-state index is -0.289. The summed E-state index contributed by atoms with van der Waals surface area (Å²) < 4.78 is 5.47. The molecule has 1 heterocycles. The number of halogens is 2. The SMILES string of the molecule is CCc1ccc(C(=O)N2CCN(c3ccc(NC(=O)COc4ccc(Cl)cc4Cl)cc3)CC2)cc1. The van der Waals surface area contributed by atoms with Gasteiger partial charge in [-0.1, -0.05) is 42.3 Å². The van der Waals surface area contributed by atoms with E-state index in [1.54, 1.807) is 18.2 Å². The molecule has 0 aromatic heterocycles. The lowest BCUT2D eigenvalue weighted by atomic mass is 10.1. The zero-order valence-corrected chi connectivity index (χ0v) is 21.0. The monoisotopic (exact) mass is 511 g/mol. The number of piperazine rings is 1. The van der Waals surface area contributed by atoms with Gasteiger partial charge in [0.1, 0.15) is 5.75 Å². The molecule has 35 heavy (non-hydrogen) atoms. The third-order valence-corrected chi connectivity index (χ3v) is 6.48. The molecular weight excluding hydrogens is 485 g/mol. The number of benzene rings is 3. The molecule has 1 saturated heterocycles. The van der Waals surface area contributed by atoms with Crippen molar-refractivity contribution in [3.63, 3.8) is 0 Å². The molecule has 1 N–H and O–H groups in total. The first-order chi connectivity index (χ1) is 16.9. The van der Waals surface area contributed by atoms with Gasteiger partial charge in [-0.15, -0.1) is 0 Å². The molecule has 4 rings (SSSR count). The van der Waals surface area contributed by atoms with E-state index in [1.807, 2.05) is 53.4 Å². The van der Waals surface area contributed by atoms with Crippen molar-refractivity contribution in [3.05, 3.63) is 87.9 Å². The maximum Gasteiger partial charge on any atom is 0.262 e. The number of rotatable bonds is 7. The normalized spacial score (nSPS) is 13.5. The minimum Gasteiger partial charge on any atom is -0.482 e. The Morgan fingerprint density at radius 3 is 2.23 bits per heavy atom. The Hall–Kier alpha value is -3.22. The first-order valence-corrected chi connectivity index (χ1v) is 12.3. The average Bonchev–Trinajstić information content (AvgIpc) is 2.88. The molecule has 3 aromatic carbocycles. The summed E-state index contributed by atoms with van der Waals surface area (Å²) in [5, 5.41) is 3.67. The van der Waals surface area contributed by atoms with E-state index in [0.29, 0.717) is 34.6 Å². The number of amides is 2. The Morgan fingerprint density at radius 2 is 1.60 bits per heavy atom. The number of aryl methyl sites for hydroxylation is 1. The van der Waals surface area contributed by atoms with E-state index in [4.69, 9.17) is 27.9 Å². The van der Waals surface area contributed by atoms with Crippen molar-refractivity contribution in [2.24, 2.45) is 0 Å². The fourth-order valence-electron chi connectivity index (χ4n) is 3.92. The minimum absolute atomic E-state index is 0.0764. The van der Waals surface area contributed by atoms with E-state index in [2.05, 4.69) is 17.1 Å². The van der Waals surface area contributed by atoms with Gasteiger partial charge in [-0.25, -0.2) is 0 Å². The Balaban J connectivity index is 1.25. The molecule has 1 aliphatic rings. The van der Waals surface area contributed by atoms with Gasteiger partial charge < -0.3 is 19.9 Å². The lowest BCUT2D eigenvalue weighted by Crippen LogP contribution is -2.48. The van der Waals surface area contributed by atoms with Gasteiger partial charge in [0.2, 0.25) is 0 Å². The van der Waals surface area contributed by atoms with Crippen LogP contribution in [-0.2, 0) is 11.2 Å². The Kier molecular flexibility index (Phi) is 8.16. The van der Waals surface area contributed by atoms with Crippen molar-refractivity contribution in [2.45, 2.75) is 13.3 Å². The average molecular weight is 512 g/mol. The van der Waals surface area contributed by atoms with Gasteiger partial charge in [0.25, 0.3) is 11.8 Å². The molecule has 0 atom stereocenters. The highest BCUT2D eigenvalue weighted by Gasteiger charge is 2.22. The van der Waals surface area contributed by atoms with Crippen LogP contribution in [0.3, 0.4) is 0 Å². The molecule has 8 heteroatoms. The second-order valence-corrected chi connectivity index (χ2v) is 9.13. The van der Waals surface area contributed by atoms with Crippen LogP contribution in [0, 0.1) is 0 Å². The van der Waals surface area contributed by atoms with Crippen LogP contribution < -0.4 is 15.0 Å². The van der Waals surface area contributed by atoms with Crippen molar-refractivity contribution >= 4 is 46.4 Å². The topological polar surface area (TPSA) is 61.9 Å². The van der Waals surface area contributed by atoms with E-state index < -0.39 is 0 Å². The van der Waals surface area contributed by atoms with Crippen molar-refractivity contribution in [2.75, 3.05) is 43.0 Å². The van der Waals surface area contributed by atoms with Crippen LogP contribution in [-0.4, -0.2) is 49.5 Å². The summed E-state index contributed by atoms with van der Waals surface area (Å²) in [5.74, 6) is 0.187. The van der Waals surface area contributed by atoms with Crippen molar-refractivity contribution in [1.29, 1.82) is 0 Å². The second kappa shape index (κ2) is 11.5. The van der Waals surface area contributed by atoms with E-state index in [0.717, 1.165) is 30.8 Å². The summed E-state index contributed by atoms with van der Waals surface area (Å²) in [4.78, 5) is 29.2. The third kappa shape index (κ3) is 6.47. The summed E-state index contributed by atoms with van der Waals surface area (Å²) in [7, 11) is 0. The molecule has 0 saturated carbocycles. The van der Waals surface area contributed by atoms with Crippen LogP contribution in [0.25, 0.3) is 0 Å². The number of ether oxygens (including phenoxy) is 1. The maximum absolute atomic E-state index is 12.8. The van der Waals surface area contributed by atoms with Gasteiger partial charge in [0.05, 0.1) is 5.02 Å². The third-order valence-electron chi connectivity index (χ3n) is 5.94. The highest BCUT2D eigenvalue weighted by atomic mass is 35.5. The number of hydrogen-bond acceptors (Lipinski definition) is 4. The van der Waals surface area contributed by atoms with Crippen LogP contribution in [0.1, 0.15) is 22.8 Å². The predicted octanol–water partition coefficient (Wildman–Crippen LogP) is 5.54. The largest absolute Gasteiger partial charge is 0.482 e. The fraction of sp³-hybridized carbons (Fsp3) is 0.259. The molecule has 3 aromatic rings. The number of hydrogen-bond donors (Lipinski definition) is 1. The van der Waals surface area contributed by atoms with Gasteiger partial charge in [-0.2, -0.15) is 0 Å². The van der Waals surface area contributed by atoms with Gasteiger partial charge in [0.15, 0.2) is 6.61 Å². The number of carbonyl (C=O) groups excluding carboxylic acids is 2. The van der Waals surface area contributed by atoms with Crippen LogP contribution in [0.15, 0.2) is 66.7 Å². The molecule has 182 valence electrons. The number of nitrogens with zero attached hydrogens (tertiary/aromatic N) is 2. The Morgan fingerprint density at radius 1 is 0.914 bits per heavy atom. The first-order valence-electron chi connectivity index (χ1n) is 11.5. The summed E-state index contributed by atoms with van der Waals surface area (Å²) >= 11 is 11.9. The maximum atomic E-state index is 12.8. The lowest BCUT2D eigenvalue weighted by molar-refractivity contribution is -0.118. The van der Waals surface area contributed by atoms with E-state index in [-0.39, 0.29) is 18.4 Å². The quantitative estimate of drug-likeness (QED) is 0.452. The van der Waals surface area contributed by atoms with E-state index in [1.165, 1.54) is 5.56 Å². The van der Waals surface area contributed by atoms with Gasteiger partial charge in [-0.05, 0) is 66.6 Å². The molecule has 0 bridgehead atoms. The summed E-state index contributed by atoms with van der Waals surface area (Å²) in [5.41, 5.74) is 3.68. The van der Waals surface area contributed by atoms with Crippen LogP contribution in [0.4, 0.5) is 11.4 Å². The Bertz CT molecular complexity index is 1180.